The molecule has 0 saturated carbocycles. The normalized spacial score (nSPS) is 12.2. The van der Waals surface area contributed by atoms with E-state index in [1.165, 1.54) is 18.2 Å². The lowest BCUT2D eigenvalue weighted by molar-refractivity contribution is -0.0498. The van der Waals surface area contributed by atoms with E-state index < -0.39 is 6.61 Å². The van der Waals surface area contributed by atoms with Gasteiger partial charge in [-0.05, 0) is 25.1 Å². The van der Waals surface area contributed by atoms with Crippen molar-refractivity contribution in [2.45, 2.75) is 19.6 Å². The number of rotatable bonds is 5. The van der Waals surface area contributed by atoms with E-state index in [4.69, 9.17) is 0 Å². The van der Waals surface area contributed by atoms with Gasteiger partial charge in [-0.2, -0.15) is 8.78 Å². The molecule has 2 aromatic carbocycles. The number of nitrogens with one attached hydrogen (secondary N) is 1. The molecule has 0 fully saturated rings. The van der Waals surface area contributed by atoms with Crippen LogP contribution in [0.4, 0.5) is 18.9 Å². The topological polar surface area (TPSA) is 21.3 Å². The van der Waals surface area contributed by atoms with Gasteiger partial charge >= 0.3 is 6.61 Å². The summed E-state index contributed by atoms with van der Waals surface area (Å²) in [6.45, 7) is -1.08. The fourth-order valence-corrected chi connectivity index (χ4v) is 1.92. The fourth-order valence-electron chi connectivity index (χ4n) is 1.92. The zero-order valence-electron chi connectivity index (χ0n) is 10.8. The number of benzene rings is 2. The fraction of sp³-hybridized carbons (Fsp3) is 0.200. The van der Waals surface area contributed by atoms with Crippen LogP contribution in [0.5, 0.6) is 5.75 Å². The second kappa shape index (κ2) is 6.32. The molecule has 0 heterocycles. The van der Waals surface area contributed by atoms with Crippen LogP contribution in [0.1, 0.15) is 18.5 Å². The van der Waals surface area contributed by atoms with Gasteiger partial charge in [0.2, 0.25) is 0 Å². The van der Waals surface area contributed by atoms with E-state index in [0.717, 1.165) is 0 Å². The molecule has 0 aliphatic carbocycles. The maximum atomic E-state index is 13.6. The van der Waals surface area contributed by atoms with Gasteiger partial charge in [0, 0.05) is 17.3 Å². The van der Waals surface area contributed by atoms with Gasteiger partial charge in [0.05, 0.1) is 6.04 Å². The number of anilines is 1. The summed E-state index contributed by atoms with van der Waals surface area (Å²) in [5.74, 6) is -0.252. The van der Waals surface area contributed by atoms with Gasteiger partial charge < -0.3 is 10.1 Å². The van der Waals surface area contributed by atoms with Gasteiger partial charge in [0.25, 0.3) is 0 Å². The van der Waals surface area contributed by atoms with Crippen LogP contribution in [0, 0.1) is 5.82 Å². The van der Waals surface area contributed by atoms with Crippen LogP contribution in [-0.2, 0) is 0 Å². The number of hydrogen-bond donors (Lipinski definition) is 1. The van der Waals surface area contributed by atoms with Crippen LogP contribution < -0.4 is 10.1 Å². The Morgan fingerprint density at radius 2 is 1.80 bits per heavy atom. The average molecular weight is 281 g/mol. The second-order valence-corrected chi connectivity index (χ2v) is 4.29. The summed E-state index contributed by atoms with van der Waals surface area (Å²) in [7, 11) is 0. The lowest BCUT2D eigenvalue weighted by Crippen LogP contribution is -2.09. The van der Waals surface area contributed by atoms with Crippen molar-refractivity contribution in [2.75, 3.05) is 5.32 Å². The smallest absolute Gasteiger partial charge is 0.387 e. The molecule has 0 aromatic heterocycles. The Balaban J connectivity index is 2.12. The molecule has 0 amide bonds. The van der Waals surface area contributed by atoms with Crippen molar-refractivity contribution in [3.8, 4) is 5.75 Å². The van der Waals surface area contributed by atoms with Crippen molar-refractivity contribution < 1.29 is 17.9 Å². The molecular weight excluding hydrogens is 267 g/mol. The highest BCUT2D eigenvalue weighted by Crippen LogP contribution is 2.24. The van der Waals surface area contributed by atoms with Crippen molar-refractivity contribution in [1.29, 1.82) is 0 Å². The van der Waals surface area contributed by atoms with E-state index in [0.29, 0.717) is 11.3 Å². The first kappa shape index (κ1) is 14.2. The Hall–Kier alpha value is -2.17. The molecule has 0 radical (unpaired) electrons. The Morgan fingerprint density at radius 1 is 1.05 bits per heavy atom. The van der Waals surface area contributed by atoms with E-state index in [1.54, 1.807) is 37.3 Å². The molecule has 0 aliphatic rings. The Kier molecular flexibility index (Phi) is 4.50. The molecule has 1 unspecified atom stereocenters. The summed E-state index contributed by atoms with van der Waals surface area (Å²) in [5, 5.41) is 3.05. The monoisotopic (exact) mass is 281 g/mol. The molecule has 0 aliphatic heterocycles. The molecule has 0 spiro atoms. The number of halogens is 3. The highest BCUT2D eigenvalue weighted by molar-refractivity contribution is 5.49. The summed E-state index contributed by atoms with van der Waals surface area (Å²) >= 11 is 0. The Morgan fingerprint density at radius 3 is 2.50 bits per heavy atom. The predicted octanol–water partition coefficient (Wildman–Crippen LogP) is 4.60. The molecule has 1 N–H and O–H groups in total. The van der Waals surface area contributed by atoms with Crippen molar-refractivity contribution in [3.63, 3.8) is 0 Å². The summed E-state index contributed by atoms with van der Waals surface area (Å²) < 4.78 is 42.2. The number of alkyl halides is 2. The van der Waals surface area contributed by atoms with Gasteiger partial charge in [0.1, 0.15) is 11.6 Å². The summed E-state index contributed by atoms with van der Waals surface area (Å²) in [4.78, 5) is 0. The third-order valence-corrected chi connectivity index (χ3v) is 2.81. The van der Waals surface area contributed by atoms with Crippen LogP contribution in [0.3, 0.4) is 0 Å². The van der Waals surface area contributed by atoms with Gasteiger partial charge in [-0.15, -0.1) is 0 Å². The molecule has 5 heteroatoms. The third kappa shape index (κ3) is 3.66. The van der Waals surface area contributed by atoms with Crippen LogP contribution in [-0.4, -0.2) is 6.61 Å². The summed E-state index contributed by atoms with van der Waals surface area (Å²) in [6, 6.07) is 12.3. The largest absolute Gasteiger partial charge is 0.435 e. The van der Waals surface area contributed by atoms with Crippen molar-refractivity contribution in [3.05, 3.63) is 59.9 Å². The van der Waals surface area contributed by atoms with Gasteiger partial charge in [0.15, 0.2) is 0 Å². The molecule has 2 rings (SSSR count). The minimum Gasteiger partial charge on any atom is -0.435 e. The number of hydrogen-bond acceptors (Lipinski definition) is 2. The molecule has 2 nitrogen and oxygen atoms in total. The lowest BCUT2D eigenvalue weighted by atomic mass is 10.1. The zero-order valence-corrected chi connectivity index (χ0v) is 10.8. The zero-order chi connectivity index (χ0) is 14.5. The summed E-state index contributed by atoms with van der Waals surface area (Å²) in [6.07, 6.45) is 0. The SMILES string of the molecule is CC(Nc1cccc(OC(F)F)c1)c1ccccc1F. The standard InChI is InChI=1S/C15H14F3NO/c1-10(13-7-2-3-8-14(13)16)19-11-5-4-6-12(9-11)20-15(17)18/h2-10,15,19H,1H3. The van der Waals surface area contributed by atoms with E-state index in [-0.39, 0.29) is 17.6 Å². The first-order valence-corrected chi connectivity index (χ1v) is 6.12. The van der Waals surface area contributed by atoms with E-state index in [2.05, 4.69) is 10.1 Å². The minimum absolute atomic E-state index is 0.0609. The third-order valence-electron chi connectivity index (χ3n) is 2.81. The molecule has 1 atom stereocenters. The average Bonchev–Trinajstić information content (AvgIpc) is 2.38. The summed E-state index contributed by atoms with van der Waals surface area (Å²) in [5.41, 5.74) is 1.09. The first-order valence-electron chi connectivity index (χ1n) is 6.12. The molecule has 20 heavy (non-hydrogen) atoms. The van der Waals surface area contributed by atoms with Crippen LogP contribution >= 0.6 is 0 Å². The predicted molar refractivity (Wildman–Crippen MR) is 71.5 cm³/mol. The lowest BCUT2D eigenvalue weighted by Gasteiger charge is -2.17. The molecular formula is C15H14F3NO. The van der Waals surface area contributed by atoms with Gasteiger partial charge in [-0.3, -0.25) is 0 Å². The molecule has 0 saturated heterocycles. The van der Waals surface area contributed by atoms with E-state index >= 15 is 0 Å². The van der Waals surface area contributed by atoms with Gasteiger partial charge in [-0.1, -0.05) is 24.3 Å². The molecule has 2 aromatic rings. The Bertz CT molecular complexity index is 575. The Labute approximate surface area is 115 Å². The molecule has 106 valence electrons. The van der Waals surface area contributed by atoms with Crippen molar-refractivity contribution in [2.24, 2.45) is 0 Å². The van der Waals surface area contributed by atoms with Crippen LogP contribution in [0.2, 0.25) is 0 Å². The second-order valence-electron chi connectivity index (χ2n) is 4.29. The maximum Gasteiger partial charge on any atom is 0.387 e. The first-order chi connectivity index (χ1) is 9.56. The van der Waals surface area contributed by atoms with Crippen molar-refractivity contribution in [1.82, 2.24) is 0 Å². The number of ether oxygens (including phenoxy) is 1. The highest BCUT2D eigenvalue weighted by Gasteiger charge is 2.11. The van der Waals surface area contributed by atoms with Gasteiger partial charge in [-0.25, -0.2) is 4.39 Å². The van der Waals surface area contributed by atoms with Crippen molar-refractivity contribution >= 4 is 5.69 Å². The quantitative estimate of drug-likeness (QED) is 0.864. The van der Waals surface area contributed by atoms with Crippen LogP contribution in [0.15, 0.2) is 48.5 Å². The maximum absolute atomic E-state index is 13.6. The van der Waals surface area contributed by atoms with E-state index in [9.17, 15) is 13.2 Å². The highest BCUT2D eigenvalue weighted by atomic mass is 19.3. The van der Waals surface area contributed by atoms with E-state index in [1.807, 2.05) is 0 Å². The van der Waals surface area contributed by atoms with Crippen LogP contribution in [0.25, 0.3) is 0 Å². The molecule has 0 bridgehead atoms. The minimum atomic E-state index is -2.87.